The Morgan fingerprint density at radius 2 is 1.89 bits per heavy atom. The first-order chi connectivity index (χ1) is 12.5. The fraction of sp³-hybridized carbons (Fsp3) is 0.278. The van der Waals surface area contributed by atoms with Gasteiger partial charge in [-0.2, -0.15) is 0 Å². The molecule has 0 saturated carbocycles. The monoisotopic (exact) mass is 392 g/mol. The van der Waals surface area contributed by atoms with E-state index in [4.69, 9.17) is 16.3 Å². The fourth-order valence-corrected chi connectivity index (χ4v) is 3.04. The molecule has 0 bridgehead atoms. The number of non-ortho nitro benzene ring substituents is 1. The predicted molar refractivity (Wildman–Crippen MR) is 97.6 cm³/mol. The van der Waals surface area contributed by atoms with Gasteiger partial charge in [-0.1, -0.05) is 11.6 Å². The molecule has 1 aromatic carbocycles. The fourth-order valence-electron chi connectivity index (χ4n) is 2.79. The number of carbonyl (C=O) groups is 3. The summed E-state index contributed by atoms with van der Waals surface area (Å²) in [6.45, 7) is 6.10. The zero-order valence-corrected chi connectivity index (χ0v) is 15.8. The maximum atomic E-state index is 12.6. The van der Waals surface area contributed by atoms with Crippen LogP contribution in [-0.2, 0) is 4.74 Å². The molecule has 0 unspecified atom stereocenters. The number of Topliss-reactive ketones (excluding diaryl/α,β-unsaturated/α-hetero) is 2. The van der Waals surface area contributed by atoms with Gasteiger partial charge in [0.15, 0.2) is 11.9 Å². The molecule has 1 heterocycles. The van der Waals surface area contributed by atoms with Gasteiger partial charge in [-0.15, -0.1) is 0 Å². The molecule has 0 aliphatic heterocycles. The number of rotatable bonds is 6. The molecule has 1 N–H and O–H groups in total. The Morgan fingerprint density at radius 3 is 2.37 bits per heavy atom. The summed E-state index contributed by atoms with van der Waals surface area (Å²) in [5.74, 6) is -1.57. The van der Waals surface area contributed by atoms with Crippen LogP contribution in [0.4, 0.5) is 5.69 Å². The highest BCUT2D eigenvalue weighted by atomic mass is 35.5. The summed E-state index contributed by atoms with van der Waals surface area (Å²) in [4.78, 5) is 49.5. The third-order valence-corrected chi connectivity index (χ3v) is 4.39. The van der Waals surface area contributed by atoms with Crippen LogP contribution >= 0.6 is 11.6 Å². The van der Waals surface area contributed by atoms with Gasteiger partial charge in [-0.25, -0.2) is 4.79 Å². The van der Waals surface area contributed by atoms with Crippen molar-refractivity contribution >= 4 is 34.8 Å². The zero-order chi connectivity index (χ0) is 20.5. The highest BCUT2D eigenvalue weighted by Crippen LogP contribution is 2.24. The number of nitrogens with zero attached hydrogens (tertiary/aromatic N) is 1. The molecule has 142 valence electrons. The number of halogens is 1. The van der Waals surface area contributed by atoms with E-state index in [9.17, 15) is 24.5 Å². The van der Waals surface area contributed by atoms with Crippen molar-refractivity contribution in [3.8, 4) is 0 Å². The van der Waals surface area contributed by atoms with Gasteiger partial charge >= 0.3 is 5.97 Å². The van der Waals surface area contributed by atoms with Crippen LogP contribution in [-0.4, -0.2) is 33.5 Å². The molecule has 0 amide bonds. The van der Waals surface area contributed by atoms with E-state index in [-0.39, 0.29) is 27.8 Å². The number of hydrogen-bond acceptors (Lipinski definition) is 6. The number of esters is 1. The molecule has 27 heavy (non-hydrogen) atoms. The number of aryl methyl sites for hydroxylation is 1. The number of carbonyl (C=O) groups excluding carboxylic acids is 3. The van der Waals surface area contributed by atoms with Gasteiger partial charge in [0.1, 0.15) is 0 Å². The molecular weight excluding hydrogens is 376 g/mol. The number of aromatic amines is 1. The molecule has 0 radical (unpaired) electrons. The number of nitrogens with one attached hydrogen (secondary N) is 1. The SMILES string of the molecule is CC(=O)c1c(C)[nH]c(C(=O)[C@@H](C)OC(=O)c2ccc([N+](=O)[O-])cc2Cl)c1C. The van der Waals surface area contributed by atoms with Gasteiger partial charge in [0.2, 0.25) is 5.78 Å². The molecule has 0 fully saturated rings. The van der Waals surface area contributed by atoms with Gasteiger partial charge in [-0.3, -0.25) is 19.7 Å². The van der Waals surface area contributed by atoms with E-state index < -0.39 is 22.8 Å². The number of nitro benzene ring substituents is 1. The highest BCUT2D eigenvalue weighted by Gasteiger charge is 2.27. The first-order valence-corrected chi connectivity index (χ1v) is 8.31. The smallest absolute Gasteiger partial charge is 0.340 e. The third kappa shape index (κ3) is 4.06. The molecule has 9 heteroatoms. The largest absolute Gasteiger partial charge is 0.451 e. The second-order valence-corrected chi connectivity index (χ2v) is 6.42. The second kappa shape index (κ2) is 7.71. The average Bonchev–Trinajstić information content (AvgIpc) is 2.88. The van der Waals surface area contributed by atoms with Crippen LogP contribution in [0.3, 0.4) is 0 Å². The van der Waals surface area contributed by atoms with Gasteiger partial charge in [0, 0.05) is 23.4 Å². The Hall–Kier alpha value is -3.00. The van der Waals surface area contributed by atoms with Crippen LogP contribution in [0.2, 0.25) is 5.02 Å². The second-order valence-electron chi connectivity index (χ2n) is 6.01. The van der Waals surface area contributed by atoms with Gasteiger partial charge in [-0.05, 0) is 39.3 Å². The van der Waals surface area contributed by atoms with Gasteiger partial charge < -0.3 is 9.72 Å². The first kappa shape index (κ1) is 20.3. The Kier molecular flexibility index (Phi) is 5.80. The Balaban J connectivity index is 2.22. The molecule has 0 spiro atoms. The van der Waals surface area contributed by atoms with E-state index in [1.165, 1.54) is 13.8 Å². The summed E-state index contributed by atoms with van der Waals surface area (Å²) in [6.07, 6.45) is -1.15. The Bertz CT molecular complexity index is 963. The maximum Gasteiger partial charge on any atom is 0.340 e. The topological polar surface area (TPSA) is 119 Å². The molecule has 0 saturated heterocycles. The van der Waals surface area contributed by atoms with E-state index >= 15 is 0 Å². The van der Waals surface area contributed by atoms with Crippen molar-refractivity contribution in [2.45, 2.75) is 33.8 Å². The zero-order valence-electron chi connectivity index (χ0n) is 15.1. The minimum absolute atomic E-state index is 0.0919. The van der Waals surface area contributed by atoms with Crippen molar-refractivity contribution in [1.29, 1.82) is 0 Å². The Morgan fingerprint density at radius 1 is 1.26 bits per heavy atom. The van der Waals surface area contributed by atoms with Crippen LogP contribution in [0.5, 0.6) is 0 Å². The van der Waals surface area contributed by atoms with E-state index in [1.54, 1.807) is 13.8 Å². The molecule has 1 aromatic heterocycles. The van der Waals surface area contributed by atoms with Crippen molar-refractivity contribution in [2.75, 3.05) is 0 Å². The van der Waals surface area contributed by atoms with Crippen LogP contribution in [0, 0.1) is 24.0 Å². The van der Waals surface area contributed by atoms with E-state index in [0.29, 0.717) is 16.8 Å². The standard InChI is InChI=1S/C18H17ClN2O6/c1-8-15(10(3)22)9(2)20-16(8)17(23)11(4)27-18(24)13-6-5-12(21(25)26)7-14(13)19/h5-7,11,20H,1-4H3/t11-/m1/s1. The minimum atomic E-state index is -1.15. The maximum absolute atomic E-state index is 12.6. The number of ketones is 2. The molecule has 0 aliphatic carbocycles. The van der Waals surface area contributed by atoms with Crippen molar-refractivity contribution < 1.29 is 24.0 Å². The number of ether oxygens (including phenoxy) is 1. The molecule has 2 aromatic rings. The highest BCUT2D eigenvalue weighted by molar-refractivity contribution is 6.33. The lowest BCUT2D eigenvalue weighted by atomic mass is 10.0. The summed E-state index contributed by atoms with van der Waals surface area (Å²) in [7, 11) is 0. The van der Waals surface area contributed by atoms with Crippen molar-refractivity contribution in [3.63, 3.8) is 0 Å². The van der Waals surface area contributed by atoms with Gasteiger partial charge in [0.05, 0.1) is 21.2 Å². The summed E-state index contributed by atoms with van der Waals surface area (Å²) in [5, 5.41) is 10.6. The molecule has 1 atom stereocenters. The number of nitro groups is 1. The molecule has 2 rings (SSSR count). The lowest BCUT2D eigenvalue weighted by Crippen LogP contribution is -2.25. The molecule has 0 aliphatic rings. The summed E-state index contributed by atoms with van der Waals surface area (Å²) >= 11 is 5.90. The first-order valence-electron chi connectivity index (χ1n) is 7.93. The van der Waals surface area contributed by atoms with Crippen molar-refractivity contribution in [3.05, 3.63) is 61.4 Å². The van der Waals surface area contributed by atoms with E-state index in [0.717, 1.165) is 18.2 Å². The van der Waals surface area contributed by atoms with Crippen molar-refractivity contribution in [2.24, 2.45) is 0 Å². The molecule has 8 nitrogen and oxygen atoms in total. The van der Waals surface area contributed by atoms with E-state index in [2.05, 4.69) is 4.98 Å². The number of aromatic nitrogens is 1. The molecular formula is C18H17ClN2O6. The average molecular weight is 393 g/mol. The van der Waals surface area contributed by atoms with Crippen LogP contribution < -0.4 is 0 Å². The number of benzene rings is 1. The van der Waals surface area contributed by atoms with Crippen LogP contribution in [0.25, 0.3) is 0 Å². The van der Waals surface area contributed by atoms with Crippen molar-refractivity contribution in [1.82, 2.24) is 4.98 Å². The summed E-state index contributed by atoms with van der Waals surface area (Å²) in [5.41, 5.74) is 1.30. The minimum Gasteiger partial charge on any atom is -0.451 e. The number of hydrogen-bond donors (Lipinski definition) is 1. The lowest BCUT2D eigenvalue weighted by Gasteiger charge is -2.13. The predicted octanol–water partition coefficient (Wildman–Crippen LogP) is 3.82. The van der Waals surface area contributed by atoms with E-state index in [1.807, 2.05) is 0 Å². The van der Waals surface area contributed by atoms with Crippen LogP contribution in [0.1, 0.15) is 56.3 Å². The Labute approximate surface area is 159 Å². The number of H-pyrrole nitrogens is 1. The summed E-state index contributed by atoms with van der Waals surface area (Å²) in [6, 6.07) is 3.31. The quantitative estimate of drug-likeness (QED) is 0.345. The third-order valence-electron chi connectivity index (χ3n) is 4.07. The summed E-state index contributed by atoms with van der Waals surface area (Å²) < 4.78 is 5.15. The normalized spacial score (nSPS) is 11.7. The lowest BCUT2D eigenvalue weighted by molar-refractivity contribution is -0.384. The van der Waals surface area contributed by atoms with Crippen LogP contribution in [0.15, 0.2) is 18.2 Å². The van der Waals surface area contributed by atoms with Gasteiger partial charge in [0.25, 0.3) is 5.69 Å².